The van der Waals surface area contributed by atoms with Gasteiger partial charge in [0, 0.05) is 12.5 Å². The molecular weight excluding hydrogens is 200 g/mol. The van der Waals surface area contributed by atoms with Gasteiger partial charge in [-0.2, -0.15) is 0 Å². The fourth-order valence-corrected chi connectivity index (χ4v) is 2.21. The summed E-state index contributed by atoms with van der Waals surface area (Å²) in [4.78, 5) is 0. The summed E-state index contributed by atoms with van der Waals surface area (Å²) in [5.41, 5.74) is 0.610. The summed E-state index contributed by atoms with van der Waals surface area (Å²) >= 11 is 0. The molecule has 0 heterocycles. The van der Waals surface area contributed by atoms with Crippen molar-refractivity contribution >= 4 is 0 Å². The van der Waals surface area contributed by atoms with Gasteiger partial charge in [-0.25, -0.2) is 0 Å². The number of aliphatic hydroxyl groups is 2. The number of aliphatic hydroxyl groups excluding tert-OH is 1. The first-order valence-electron chi connectivity index (χ1n) is 6.40. The lowest BCUT2D eigenvalue weighted by Gasteiger charge is -2.34. The van der Waals surface area contributed by atoms with E-state index in [0.29, 0.717) is 18.8 Å². The molecule has 0 bridgehead atoms. The highest BCUT2D eigenvalue weighted by Gasteiger charge is 2.31. The summed E-state index contributed by atoms with van der Waals surface area (Å²) in [6.45, 7) is 10.5. The third kappa shape index (κ3) is 4.26. The quantitative estimate of drug-likeness (QED) is 0.657. The highest BCUT2D eigenvalue weighted by Crippen LogP contribution is 2.33. The third-order valence-electron chi connectivity index (χ3n) is 3.79. The minimum Gasteiger partial charge on any atom is -0.396 e. The van der Waals surface area contributed by atoms with Crippen molar-refractivity contribution in [2.45, 2.75) is 59.5 Å². The first-order chi connectivity index (χ1) is 7.40. The fraction of sp³-hybridized carbons (Fsp3) is 0.857. The molecule has 0 aliphatic carbocycles. The Balaban J connectivity index is 4.67. The summed E-state index contributed by atoms with van der Waals surface area (Å²) < 4.78 is 0. The smallest absolute Gasteiger partial charge is 0.0683 e. The van der Waals surface area contributed by atoms with E-state index in [4.69, 9.17) is 5.11 Å². The Morgan fingerprint density at radius 1 is 1.38 bits per heavy atom. The van der Waals surface area contributed by atoms with Crippen LogP contribution in [0.3, 0.4) is 0 Å². The normalized spacial score (nSPS) is 20.3. The van der Waals surface area contributed by atoms with Crippen LogP contribution in [0, 0.1) is 11.8 Å². The first kappa shape index (κ1) is 15.7. The predicted octanol–water partition coefficient (Wildman–Crippen LogP) is 3.14. The van der Waals surface area contributed by atoms with Crippen molar-refractivity contribution in [3.63, 3.8) is 0 Å². The van der Waals surface area contributed by atoms with Crippen LogP contribution in [0.1, 0.15) is 53.9 Å². The molecule has 2 heteroatoms. The minimum absolute atomic E-state index is 0.150. The van der Waals surface area contributed by atoms with Crippen LogP contribution in [0.2, 0.25) is 0 Å². The Hall–Kier alpha value is -0.340. The molecule has 0 radical (unpaired) electrons. The lowest BCUT2D eigenvalue weighted by Crippen LogP contribution is -2.35. The SMILES string of the molecule is C/C=C(\C(C)[C@@](C)(O)CCCO)[C@H](C)CC. The molecule has 0 aromatic carbocycles. The van der Waals surface area contributed by atoms with Crippen molar-refractivity contribution in [1.82, 2.24) is 0 Å². The van der Waals surface area contributed by atoms with Gasteiger partial charge in [0.15, 0.2) is 0 Å². The zero-order chi connectivity index (χ0) is 12.8. The van der Waals surface area contributed by atoms with Gasteiger partial charge in [0.05, 0.1) is 5.60 Å². The number of rotatable bonds is 7. The second-order valence-corrected chi connectivity index (χ2v) is 5.00. The zero-order valence-electron chi connectivity index (χ0n) is 11.5. The monoisotopic (exact) mass is 228 g/mol. The van der Waals surface area contributed by atoms with E-state index in [1.165, 1.54) is 5.57 Å². The maximum Gasteiger partial charge on any atom is 0.0683 e. The Labute approximate surface area is 100 Å². The second-order valence-electron chi connectivity index (χ2n) is 5.00. The molecule has 0 spiro atoms. The number of allylic oxidation sites excluding steroid dienone is 1. The van der Waals surface area contributed by atoms with Gasteiger partial charge in [0.2, 0.25) is 0 Å². The predicted molar refractivity (Wildman–Crippen MR) is 69.3 cm³/mol. The van der Waals surface area contributed by atoms with E-state index in [2.05, 4.69) is 26.8 Å². The van der Waals surface area contributed by atoms with E-state index < -0.39 is 5.60 Å². The average Bonchev–Trinajstić information content (AvgIpc) is 2.26. The van der Waals surface area contributed by atoms with Crippen molar-refractivity contribution in [3.8, 4) is 0 Å². The van der Waals surface area contributed by atoms with Crippen LogP contribution in [0.4, 0.5) is 0 Å². The molecule has 0 fully saturated rings. The second kappa shape index (κ2) is 7.08. The van der Waals surface area contributed by atoms with E-state index in [-0.39, 0.29) is 12.5 Å². The summed E-state index contributed by atoms with van der Waals surface area (Å²) in [7, 11) is 0. The molecule has 2 nitrogen and oxygen atoms in total. The maximum atomic E-state index is 10.4. The Morgan fingerprint density at radius 3 is 2.31 bits per heavy atom. The molecule has 3 atom stereocenters. The number of hydrogen-bond acceptors (Lipinski definition) is 2. The van der Waals surface area contributed by atoms with Gasteiger partial charge < -0.3 is 10.2 Å². The topological polar surface area (TPSA) is 40.5 Å². The standard InChI is InChI=1S/C14H28O2/c1-6-11(3)13(7-2)12(4)14(5,16)9-8-10-15/h7,11-12,15-16H,6,8-10H2,1-5H3/b13-7-/t11-,12?,14+/m1/s1. The van der Waals surface area contributed by atoms with Crippen LogP contribution >= 0.6 is 0 Å². The van der Waals surface area contributed by atoms with Crippen molar-refractivity contribution in [2.75, 3.05) is 6.61 Å². The van der Waals surface area contributed by atoms with E-state index in [1.807, 2.05) is 13.8 Å². The Kier molecular flexibility index (Phi) is 6.93. The van der Waals surface area contributed by atoms with Crippen LogP contribution in [-0.2, 0) is 0 Å². The van der Waals surface area contributed by atoms with E-state index in [1.54, 1.807) is 0 Å². The van der Waals surface area contributed by atoms with Gasteiger partial charge in [-0.15, -0.1) is 0 Å². The lowest BCUT2D eigenvalue weighted by atomic mass is 9.76. The van der Waals surface area contributed by atoms with E-state index >= 15 is 0 Å². The van der Waals surface area contributed by atoms with Crippen molar-refractivity contribution in [1.29, 1.82) is 0 Å². The largest absolute Gasteiger partial charge is 0.396 e. The fourth-order valence-electron chi connectivity index (χ4n) is 2.21. The van der Waals surface area contributed by atoms with Crippen LogP contribution in [0.25, 0.3) is 0 Å². The molecule has 0 rings (SSSR count). The molecule has 0 saturated carbocycles. The molecule has 0 amide bonds. The van der Waals surface area contributed by atoms with Crippen molar-refractivity contribution < 1.29 is 10.2 Å². The molecule has 96 valence electrons. The van der Waals surface area contributed by atoms with Crippen molar-refractivity contribution in [3.05, 3.63) is 11.6 Å². The highest BCUT2D eigenvalue weighted by atomic mass is 16.3. The van der Waals surface area contributed by atoms with Gasteiger partial charge in [0.1, 0.15) is 0 Å². The molecule has 0 aliphatic rings. The summed E-state index contributed by atoms with van der Waals surface area (Å²) in [6, 6.07) is 0. The number of hydrogen-bond donors (Lipinski definition) is 2. The molecule has 0 aromatic heterocycles. The third-order valence-corrected chi connectivity index (χ3v) is 3.79. The molecule has 0 aromatic rings. The molecule has 1 unspecified atom stereocenters. The van der Waals surface area contributed by atoms with Crippen LogP contribution in [0.15, 0.2) is 11.6 Å². The Morgan fingerprint density at radius 2 is 1.94 bits per heavy atom. The molecule has 16 heavy (non-hydrogen) atoms. The highest BCUT2D eigenvalue weighted by molar-refractivity contribution is 5.12. The summed E-state index contributed by atoms with van der Waals surface area (Å²) in [6.07, 6.45) is 4.54. The molecular formula is C14H28O2. The molecule has 0 aliphatic heterocycles. The van der Waals surface area contributed by atoms with Gasteiger partial charge >= 0.3 is 0 Å². The zero-order valence-corrected chi connectivity index (χ0v) is 11.5. The first-order valence-corrected chi connectivity index (χ1v) is 6.40. The summed E-state index contributed by atoms with van der Waals surface area (Å²) in [5, 5.41) is 19.2. The van der Waals surface area contributed by atoms with Crippen LogP contribution in [-0.4, -0.2) is 22.4 Å². The van der Waals surface area contributed by atoms with Crippen LogP contribution in [0.5, 0.6) is 0 Å². The van der Waals surface area contributed by atoms with Gasteiger partial charge in [-0.1, -0.05) is 32.4 Å². The molecule has 2 N–H and O–H groups in total. The maximum absolute atomic E-state index is 10.4. The average molecular weight is 228 g/mol. The summed E-state index contributed by atoms with van der Waals surface area (Å²) in [5.74, 6) is 0.666. The minimum atomic E-state index is -0.714. The van der Waals surface area contributed by atoms with Gasteiger partial charge in [0.25, 0.3) is 0 Å². The molecule has 0 saturated heterocycles. The van der Waals surface area contributed by atoms with Gasteiger partial charge in [-0.3, -0.25) is 0 Å². The van der Waals surface area contributed by atoms with Crippen molar-refractivity contribution in [2.24, 2.45) is 11.8 Å². The van der Waals surface area contributed by atoms with E-state index in [0.717, 1.165) is 6.42 Å². The van der Waals surface area contributed by atoms with Gasteiger partial charge in [-0.05, 0) is 39.0 Å². The lowest BCUT2D eigenvalue weighted by molar-refractivity contribution is 0.00326. The van der Waals surface area contributed by atoms with E-state index in [9.17, 15) is 5.11 Å². The Bertz CT molecular complexity index is 219. The van der Waals surface area contributed by atoms with Crippen LogP contribution < -0.4 is 0 Å².